The summed E-state index contributed by atoms with van der Waals surface area (Å²) in [5, 5.41) is 0.956. The van der Waals surface area contributed by atoms with Crippen molar-refractivity contribution in [2.24, 2.45) is 0 Å². The van der Waals surface area contributed by atoms with Gasteiger partial charge in [0, 0.05) is 5.25 Å². The van der Waals surface area contributed by atoms with Crippen LogP contribution in [0.2, 0.25) is 0 Å². The fraction of sp³-hybridized carbons (Fsp3) is 1.00. The van der Waals surface area contributed by atoms with Gasteiger partial charge in [0.25, 0.3) is 0 Å². The largest absolute Gasteiger partial charge is 0.159 e. The highest BCUT2D eigenvalue weighted by atomic mass is 32.2. The van der Waals surface area contributed by atoms with Crippen molar-refractivity contribution in [3.63, 3.8) is 0 Å². The van der Waals surface area contributed by atoms with Crippen LogP contribution in [0.15, 0.2) is 0 Å². The van der Waals surface area contributed by atoms with Gasteiger partial charge in [-0.2, -0.15) is 11.8 Å². The van der Waals surface area contributed by atoms with Crippen molar-refractivity contribution in [3.8, 4) is 0 Å². The zero-order valence-corrected chi connectivity index (χ0v) is 15.4. The summed E-state index contributed by atoms with van der Waals surface area (Å²) in [6.45, 7) is 6.92. The highest BCUT2D eigenvalue weighted by Crippen LogP contribution is 2.24. The van der Waals surface area contributed by atoms with E-state index in [2.05, 4.69) is 32.5 Å². The molecule has 20 heavy (non-hydrogen) atoms. The zero-order valence-electron chi connectivity index (χ0n) is 14.6. The van der Waals surface area contributed by atoms with E-state index in [0.29, 0.717) is 0 Å². The maximum Gasteiger partial charge on any atom is 0.00469 e. The molecule has 0 N–H and O–H groups in total. The van der Waals surface area contributed by atoms with Gasteiger partial charge in [-0.25, -0.2) is 0 Å². The van der Waals surface area contributed by atoms with Gasteiger partial charge in [0.1, 0.15) is 0 Å². The van der Waals surface area contributed by atoms with E-state index in [4.69, 9.17) is 0 Å². The lowest BCUT2D eigenvalue weighted by Crippen LogP contribution is -2.03. The van der Waals surface area contributed by atoms with Crippen LogP contribution in [0.5, 0.6) is 0 Å². The third-order valence-corrected chi connectivity index (χ3v) is 5.44. The second-order valence-electron chi connectivity index (χ2n) is 6.19. The SMILES string of the molecule is CCCCCCCCCC(CCCCCCC)SCC. The molecule has 0 rings (SSSR count). The molecule has 0 aromatic carbocycles. The fourth-order valence-corrected chi connectivity index (χ4v) is 3.99. The van der Waals surface area contributed by atoms with Crippen molar-refractivity contribution in [3.05, 3.63) is 0 Å². The molecule has 0 spiro atoms. The van der Waals surface area contributed by atoms with Crippen molar-refractivity contribution in [1.82, 2.24) is 0 Å². The van der Waals surface area contributed by atoms with E-state index in [1.54, 1.807) is 0 Å². The summed E-state index contributed by atoms with van der Waals surface area (Å²) in [4.78, 5) is 0. The molecule has 1 unspecified atom stereocenters. The topological polar surface area (TPSA) is 0 Å². The Hall–Kier alpha value is 0.350. The van der Waals surface area contributed by atoms with Gasteiger partial charge in [0.15, 0.2) is 0 Å². The van der Waals surface area contributed by atoms with E-state index in [9.17, 15) is 0 Å². The molecule has 0 aliphatic carbocycles. The van der Waals surface area contributed by atoms with Gasteiger partial charge in [-0.1, -0.05) is 97.8 Å². The Morgan fingerprint density at radius 2 is 0.950 bits per heavy atom. The van der Waals surface area contributed by atoms with Crippen LogP contribution in [0, 0.1) is 0 Å². The van der Waals surface area contributed by atoms with Gasteiger partial charge in [0.05, 0.1) is 0 Å². The second kappa shape index (κ2) is 17.4. The molecule has 0 aliphatic heterocycles. The molecule has 0 nitrogen and oxygen atoms in total. The van der Waals surface area contributed by atoms with Crippen LogP contribution in [-0.4, -0.2) is 11.0 Å². The standard InChI is InChI=1S/C19H40S/c1-4-7-9-11-12-14-16-18-19(20-6-3)17-15-13-10-8-5-2/h19H,4-18H2,1-3H3. The van der Waals surface area contributed by atoms with Gasteiger partial charge in [-0.15, -0.1) is 0 Å². The molecule has 0 amide bonds. The first kappa shape index (κ1) is 20.3. The van der Waals surface area contributed by atoms with E-state index in [1.807, 2.05) is 0 Å². The lowest BCUT2D eigenvalue weighted by atomic mass is 10.0. The monoisotopic (exact) mass is 300 g/mol. The predicted molar refractivity (Wildman–Crippen MR) is 97.9 cm³/mol. The summed E-state index contributed by atoms with van der Waals surface area (Å²) >= 11 is 2.21. The minimum Gasteiger partial charge on any atom is -0.159 e. The number of thioether (sulfide) groups is 1. The van der Waals surface area contributed by atoms with Crippen LogP contribution < -0.4 is 0 Å². The summed E-state index contributed by atoms with van der Waals surface area (Å²) in [6, 6.07) is 0. The first-order valence-electron chi connectivity index (χ1n) is 9.46. The van der Waals surface area contributed by atoms with Crippen LogP contribution in [0.3, 0.4) is 0 Å². The van der Waals surface area contributed by atoms with E-state index < -0.39 is 0 Å². The van der Waals surface area contributed by atoms with Crippen LogP contribution >= 0.6 is 11.8 Å². The summed E-state index contributed by atoms with van der Waals surface area (Å²) in [5.41, 5.74) is 0. The lowest BCUT2D eigenvalue weighted by Gasteiger charge is -2.15. The van der Waals surface area contributed by atoms with Crippen LogP contribution in [0.4, 0.5) is 0 Å². The Kier molecular flexibility index (Phi) is 17.7. The number of rotatable bonds is 16. The fourth-order valence-electron chi connectivity index (χ4n) is 2.85. The average Bonchev–Trinajstić information content (AvgIpc) is 2.46. The quantitative estimate of drug-likeness (QED) is 0.264. The van der Waals surface area contributed by atoms with Gasteiger partial charge in [0.2, 0.25) is 0 Å². The minimum absolute atomic E-state index is 0.956. The second-order valence-corrected chi connectivity index (χ2v) is 7.77. The van der Waals surface area contributed by atoms with E-state index >= 15 is 0 Å². The molecule has 0 aromatic heterocycles. The third kappa shape index (κ3) is 14.8. The molecule has 122 valence electrons. The normalized spacial score (nSPS) is 12.8. The Bertz CT molecular complexity index is 167. The highest BCUT2D eigenvalue weighted by Gasteiger charge is 2.07. The smallest absolute Gasteiger partial charge is 0.00469 e. The maximum atomic E-state index is 2.32. The van der Waals surface area contributed by atoms with Crippen molar-refractivity contribution >= 4 is 11.8 Å². The molecular weight excluding hydrogens is 260 g/mol. The van der Waals surface area contributed by atoms with Crippen LogP contribution in [0.25, 0.3) is 0 Å². The van der Waals surface area contributed by atoms with E-state index in [1.165, 1.54) is 95.6 Å². The number of unbranched alkanes of at least 4 members (excludes halogenated alkanes) is 10. The molecule has 0 saturated heterocycles. The molecule has 0 bridgehead atoms. The van der Waals surface area contributed by atoms with Crippen molar-refractivity contribution in [2.45, 2.75) is 116 Å². The Labute approximate surface area is 133 Å². The molecule has 0 heterocycles. The molecular formula is C19H40S. The minimum atomic E-state index is 0.956. The summed E-state index contributed by atoms with van der Waals surface area (Å²) in [5.74, 6) is 1.30. The van der Waals surface area contributed by atoms with Crippen molar-refractivity contribution in [1.29, 1.82) is 0 Å². The zero-order chi connectivity index (χ0) is 14.9. The van der Waals surface area contributed by atoms with E-state index in [0.717, 1.165) is 5.25 Å². The predicted octanol–water partition coefficient (Wildman–Crippen LogP) is 7.61. The van der Waals surface area contributed by atoms with Gasteiger partial charge < -0.3 is 0 Å². The first-order valence-corrected chi connectivity index (χ1v) is 10.5. The molecule has 1 heteroatoms. The van der Waals surface area contributed by atoms with Gasteiger partial charge >= 0.3 is 0 Å². The number of hydrogen-bond donors (Lipinski definition) is 0. The van der Waals surface area contributed by atoms with Gasteiger partial charge in [-0.05, 0) is 18.6 Å². The molecule has 0 aliphatic rings. The summed E-state index contributed by atoms with van der Waals surface area (Å²) in [6.07, 6.45) is 20.3. The summed E-state index contributed by atoms with van der Waals surface area (Å²) in [7, 11) is 0. The Balaban J connectivity index is 3.44. The Morgan fingerprint density at radius 1 is 0.550 bits per heavy atom. The highest BCUT2D eigenvalue weighted by molar-refractivity contribution is 7.99. The first-order chi connectivity index (χ1) is 9.85. The maximum absolute atomic E-state index is 2.32. The molecule has 1 atom stereocenters. The van der Waals surface area contributed by atoms with Crippen molar-refractivity contribution in [2.75, 3.05) is 5.75 Å². The summed E-state index contributed by atoms with van der Waals surface area (Å²) < 4.78 is 0. The van der Waals surface area contributed by atoms with Crippen LogP contribution in [-0.2, 0) is 0 Å². The number of hydrogen-bond acceptors (Lipinski definition) is 1. The molecule has 0 fully saturated rings. The van der Waals surface area contributed by atoms with E-state index in [-0.39, 0.29) is 0 Å². The van der Waals surface area contributed by atoms with Gasteiger partial charge in [-0.3, -0.25) is 0 Å². The third-order valence-electron chi connectivity index (χ3n) is 4.16. The molecule has 0 radical (unpaired) electrons. The average molecular weight is 301 g/mol. The van der Waals surface area contributed by atoms with Crippen LogP contribution in [0.1, 0.15) is 111 Å². The lowest BCUT2D eigenvalue weighted by molar-refractivity contribution is 0.542. The molecule has 0 saturated carbocycles. The molecule has 0 aromatic rings. The van der Waals surface area contributed by atoms with Crippen molar-refractivity contribution < 1.29 is 0 Å². The Morgan fingerprint density at radius 3 is 1.35 bits per heavy atom.